The van der Waals surface area contributed by atoms with Crippen LogP contribution >= 0.6 is 21.6 Å². The van der Waals surface area contributed by atoms with E-state index in [0.29, 0.717) is 0 Å². The highest BCUT2D eigenvalue weighted by atomic mass is 33.1. The molecule has 2 aromatic carbocycles. The molecule has 6 aromatic rings. The van der Waals surface area contributed by atoms with Crippen molar-refractivity contribution in [2.45, 2.75) is 9.79 Å². The van der Waals surface area contributed by atoms with Crippen LogP contribution in [0.4, 0.5) is 34.6 Å². The number of pyridine rings is 4. The average Bonchev–Trinajstić information content (AvgIpc) is 3.04. The van der Waals surface area contributed by atoms with Crippen molar-refractivity contribution in [2.24, 2.45) is 0 Å². The van der Waals surface area contributed by atoms with Crippen molar-refractivity contribution in [1.82, 2.24) is 19.9 Å². The van der Waals surface area contributed by atoms with E-state index in [-0.39, 0.29) is 0 Å². The summed E-state index contributed by atoms with van der Waals surface area (Å²) < 4.78 is 0. The molecule has 0 radical (unpaired) electrons. The first-order valence-electron chi connectivity index (χ1n) is 12.7. The molecule has 40 heavy (non-hydrogen) atoms. The number of para-hydroxylation sites is 2. The number of benzene rings is 2. The van der Waals surface area contributed by atoms with Gasteiger partial charge in [0.2, 0.25) is 0 Å². The lowest BCUT2D eigenvalue weighted by atomic mass is 10.2. The first kappa shape index (κ1) is 25.6. The number of nitrogens with zero attached hydrogens (tertiary/aromatic N) is 6. The van der Waals surface area contributed by atoms with Gasteiger partial charge in [-0.2, -0.15) is 0 Å². The van der Waals surface area contributed by atoms with Gasteiger partial charge in [-0.3, -0.25) is 9.80 Å². The van der Waals surface area contributed by atoms with Crippen molar-refractivity contribution in [2.75, 3.05) is 9.80 Å². The molecule has 4 heterocycles. The van der Waals surface area contributed by atoms with Crippen molar-refractivity contribution < 1.29 is 0 Å². The van der Waals surface area contributed by atoms with Crippen molar-refractivity contribution in [3.05, 3.63) is 146 Å². The fraction of sp³-hybridized carbons (Fsp3) is 0. The third-order valence-corrected chi connectivity index (χ3v) is 8.41. The van der Waals surface area contributed by atoms with Gasteiger partial charge in [0.15, 0.2) is 0 Å². The Kier molecular flexibility index (Phi) is 7.98. The van der Waals surface area contributed by atoms with Crippen LogP contribution < -0.4 is 9.80 Å². The lowest BCUT2D eigenvalue weighted by molar-refractivity contribution is 1.10. The molecule has 8 heteroatoms. The van der Waals surface area contributed by atoms with Crippen LogP contribution in [0.5, 0.6) is 0 Å². The Morgan fingerprint density at radius 3 is 0.950 bits per heavy atom. The second-order valence-corrected chi connectivity index (χ2v) is 10.7. The van der Waals surface area contributed by atoms with Gasteiger partial charge >= 0.3 is 0 Å². The van der Waals surface area contributed by atoms with Gasteiger partial charge in [0, 0.05) is 34.6 Å². The van der Waals surface area contributed by atoms with E-state index in [1.54, 1.807) is 46.4 Å². The number of rotatable bonds is 9. The Labute approximate surface area is 241 Å². The van der Waals surface area contributed by atoms with Gasteiger partial charge in [0.25, 0.3) is 0 Å². The lowest BCUT2D eigenvalue weighted by Gasteiger charge is -2.26. The van der Waals surface area contributed by atoms with E-state index >= 15 is 0 Å². The molecule has 0 spiro atoms. The smallest absolute Gasteiger partial charge is 0.138 e. The van der Waals surface area contributed by atoms with E-state index in [1.165, 1.54) is 0 Å². The Bertz CT molecular complexity index is 1450. The minimum Gasteiger partial charge on any atom is -0.278 e. The summed E-state index contributed by atoms with van der Waals surface area (Å²) in [5.74, 6) is 3.21. The van der Waals surface area contributed by atoms with Crippen molar-refractivity contribution >= 4 is 56.2 Å². The van der Waals surface area contributed by atoms with E-state index in [1.807, 2.05) is 84.9 Å². The summed E-state index contributed by atoms with van der Waals surface area (Å²) in [5, 5.41) is 0. The first-order chi connectivity index (χ1) is 19.9. The van der Waals surface area contributed by atoms with Crippen LogP contribution in [0.15, 0.2) is 156 Å². The maximum absolute atomic E-state index is 4.65. The molecular formula is C32H24N6S2. The van der Waals surface area contributed by atoms with E-state index in [9.17, 15) is 0 Å². The molecule has 0 N–H and O–H groups in total. The number of anilines is 6. The normalized spacial score (nSPS) is 10.7. The summed E-state index contributed by atoms with van der Waals surface area (Å²) in [4.78, 5) is 24.9. The molecule has 0 aliphatic carbocycles. The molecule has 0 fully saturated rings. The molecular weight excluding hydrogens is 533 g/mol. The molecule has 0 bridgehead atoms. The molecule has 0 aliphatic heterocycles. The van der Waals surface area contributed by atoms with Crippen LogP contribution in [0.3, 0.4) is 0 Å². The summed E-state index contributed by atoms with van der Waals surface area (Å²) in [6.45, 7) is 0. The van der Waals surface area contributed by atoms with Crippen molar-refractivity contribution in [1.29, 1.82) is 0 Å². The Morgan fingerprint density at radius 2 is 0.650 bits per heavy atom. The molecule has 0 amide bonds. The van der Waals surface area contributed by atoms with Crippen molar-refractivity contribution in [3.63, 3.8) is 0 Å². The van der Waals surface area contributed by atoms with Gasteiger partial charge in [0.1, 0.15) is 23.3 Å². The third kappa shape index (κ3) is 5.68. The SMILES string of the molecule is c1ccc(N(c2ccccn2)c2ccccc2SSc2ccccc2N(c2ccccn2)c2ccccn2)nc1. The quantitative estimate of drug-likeness (QED) is 0.164. The predicted molar refractivity (Wildman–Crippen MR) is 165 cm³/mol. The second-order valence-electron chi connectivity index (χ2n) is 8.52. The third-order valence-electron chi connectivity index (χ3n) is 5.95. The van der Waals surface area contributed by atoms with Gasteiger partial charge in [-0.1, -0.05) is 70.1 Å². The van der Waals surface area contributed by atoms with Crippen LogP contribution in [0.1, 0.15) is 0 Å². The van der Waals surface area contributed by atoms with Gasteiger partial charge in [-0.25, -0.2) is 19.9 Å². The lowest BCUT2D eigenvalue weighted by Crippen LogP contribution is -2.13. The van der Waals surface area contributed by atoms with Crippen LogP contribution in [0.2, 0.25) is 0 Å². The fourth-order valence-corrected chi connectivity index (χ4v) is 6.51. The Balaban J connectivity index is 1.37. The number of aromatic nitrogens is 4. The minimum atomic E-state index is 0.802. The van der Waals surface area contributed by atoms with Crippen molar-refractivity contribution in [3.8, 4) is 0 Å². The molecule has 6 rings (SSSR count). The van der Waals surface area contributed by atoms with Gasteiger partial charge in [-0.15, -0.1) is 0 Å². The molecule has 6 nitrogen and oxygen atoms in total. The van der Waals surface area contributed by atoms with E-state index < -0.39 is 0 Å². The highest BCUT2D eigenvalue weighted by molar-refractivity contribution is 8.76. The molecule has 194 valence electrons. The van der Waals surface area contributed by atoms with E-state index in [2.05, 4.69) is 66.1 Å². The first-order valence-corrected chi connectivity index (χ1v) is 14.8. The van der Waals surface area contributed by atoms with Crippen LogP contribution in [-0.2, 0) is 0 Å². The van der Waals surface area contributed by atoms with E-state index in [4.69, 9.17) is 0 Å². The zero-order valence-corrected chi connectivity index (χ0v) is 23.0. The van der Waals surface area contributed by atoms with Gasteiger partial charge < -0.3 is 0 Å². The molecule has 0 unspecified atom stereocenters. The Morgan fingerprint density at radius 1 is 0.350 bits per heavy atom. The minimum absolute atomic E-state index is 0.802. The largest absolute Gasteiger partial charge is 0.278 e. The topological polar surface area (TPSA) is 58.0 Å². The van der Waals surface area contributed by atoms with Gasteiger partial charge in [0.05, 0.1) is 11.4 Å². The maximum Gasteiger partial charge on any atom is 0.138 e. The summed E-state index contributed by atoms with van der Waals surface area (Å²) in [6.07, 6.45) is 7.21. The molecule has 0 atom stereocenters. The summed E-state index contributed by atoms with van der Waals surface area (Å²) >= 11 is 0. The van der Waals surface area contributed by atoms with Gasteiger partial charge in [-0.05, 0) is 72.8 Å². The summed E-state index contributed by atoms with van der Waals surface area (Å²) in [7, 11) is 3.38. The predicted octanol–water partition coefficient (Wildman–Crippen LogP) is 9.01. The van der Waals surface area contributed by atoms with Crippen LogP contribution in [0.25, 0.3) is 0 Å². The Hall–Kier alpha value is -4.66. The number of hydrogen-bond acceptors (Lipinski definition) is 8. The maximum atomic E-state index is 4.65. The standard InChI is InChI=1S/C32H24N6S2/c1-3-15-27(25(13-1)37(29-17-5-9-21-33-29)30-18-6-10-22-34-30)39-40-28-16-4-2-14-26(28)38(31-19-7-11-23-35-31)32-20-8-12-24-36-32/h1-24H. The van der Waals surface area contributed by atoms with E-state index in [0.717, 1.165) is 44.4 Å². The number of hydrogen-bond donors (Lipinski definition) is 0. The molecule has 0 aliphatic rings. The highest BCUT2D eigenvalue weighted by Crippen LogP contribution is 2.48. The summed E-state index contributed by atoms with van der Waals surface area (Å²) in [5.41, 5.74) is 2.00. The monoisotopic (exact) mass is 556 g/mol. The second kappa shape index (κ2) is 12.5. The zero-order chi connectivity index (χ0) is 27.0. The fourth-order valence-electron chi connectivity index (χ4n) is 4.19. The average molecular weight is 557 g/mol. The molecule has 0 saturated carbocycles. The molecule has 4 aromatic heterocycles. The highest BCUT2D eigenvalue weighted by Gasteiger charge is 2.21. The van der Waals surface area contributed by atoms with Crippen LogP contribution in [0, 0.1) is 0 Å². The summed E-state index contributed by atoms with van der Waals surface area (Å²) in [6, 6.07) is 40.3. The zero-order valence-electron chi connectivity index (χ0n) is 21.4. The molecule has 0 saturated heterocycles. The van der Waals surface area contributed by atoms with Crippen LogP contribution in [-0.4, -0.2) is 19.9 Å².